The molecule has 3 heterocycles. The van der Waals surface area contributed by atoms with Gasteiger partial charge in [-0.3, -0.25) is 9.20 Å². The highest BCUT2D eigenvalue weighted by Gasteiger charge is 2.18. The van der Waals surface area contributed by atoms with Gasteiger partial charge in [0.1, 0.15) is 23.0 Å². The lowest BCUT2D eigenvalue weighted by molar-refractivity contribution is 0.460. The molecule has 7 nitrogen and oxygen atoms in total. The molecule has 0 amide bonds. The Hall–Kier alpha value is -4.70. The summed E-state index contributed by atoms with van der Waals surface area (Å²) in [5.74, 6) is 1.14. The summed E-state index contributed by atoms with van der Waals surface area (Å²) in [6.07, 6.45) is 3.14. The summed E-state index contributed by atoms with van der Waals surface area (Å²) in [6, 6.07) is 22.6. The second-order valence-corrected chi connectivity index (χ2v) is 7.64. The summed E-state index contributed by atoms with van der Waals surface area (Å²) in [5, 5.41) is 9.97. The molecule has 7 heteroatoms. The lowest BCUT2D eigenvalue weighted by Gasteiger charge is -2.11. The van der Waals surface area contributed by atoms with Crippen molar-refractivity contribution in [2.75, 3.05) is 0 Å². The quantitative estimate of drug-likeness (QED) is 0.382. The van der Waals surface area contributed by atoms with Crippen LogP contribution in [-0.4, -0.2) is 18.9 Å². The number of nitrogens with zero attached hydrogens (tertiary/aromatic N) is 5. The van der Waals surface area contributed by atoms with E-state index in [2.05, 4.69) is 16.0 Å². The highest BCUT2D eigenvalue weighted by molar-refractivity contribution is 5.91. The third-order valence-electron chi connectivity index (χ3n) is 5.38. The maximum Gasteiger partial charge on any atom is 0.269 e. The van der Waals surface area contributed by atoms with Crippen LogP contribution in [0.3, 0.4) is 0 Å². The molecule has 3 aromatic heterocycles. The summed E-state index contributed by atoms with van der Waals surface area (Å²) in [6.45, 7) is 1.95. The summed E-state index contributed by atoms with van der Waals surface area (Å²) >= 11 is 0. The lowest BCUT2D eigenvalue weighted by atomic mass is 10.1. The Kier molecular flexibility index (Phi) is 4.96. The predicted molar refractivity (Wildman–Crippen MR) is 127 cm³/mol. The van der Waals surface area contributed by atoms with Crippen LogP contribution >= 0.6 is 0 Å². The molecule has 0 N–H and O–H groups in total. The van der Waals surface area contributed by atoms with E-state index in [-0.39, 0.29) is 22.6 Å². The number of imidazole rings is 1. The van der Waals surface area contributed by atoms with Crippen molar-refractivity contribution < 1.29 is 4.74 Å². The number of benzene rings is 2. The van der Waals surface area contributed by atoms with Crippen LogP contribution in [0.1, 0.15) is 17.0 Å². The van der Waals surface area contributed by atoms with E-state index in [0.717, 1.165) is 16.6 Å². The zero-order chi connectivity index (χ0) is 22.9. The molecule has 5 aromatic rings. The van der Waals surface area contributed by atoms with Crippen LogP contribution in [0.25, 0.3) is 28.3 Å². The fourth-order valence-electron chi connectivity index (χ4n) is 3.75. The highest BCUT2D eigenvalue weighted by atomic mass is 16.5. The molecule has 0 fully saturated rings. The summed E-state index contributed by atoms with van der Waals surface area (Å²) in [7, 11) is 1.84. The molecule has 0 saturated carbocycles. The van der Waals surface area contributed by atoms with Crippen LogP contribution < -0.4 is 10.3 Å². The zero-order valence-corrected chi connectivity index (χ0v) is 18.1. The minimum absolute atomic E-state index is 0.128. The lowest BCUT2D eigenvalue weighted by Crippen LogP contribution is -2.18. The van der Waals surface area contributed by atoms with Gasteiger partial charge in [0, 0.05) is 13.2 Å². The average molecular weight is 433 g/mol. The van der Waals surface area contributed by atoms with Crippen molar-refractivity contribution in [1.82, 2.24) is 18.9 Å². The highest BCUT2D eigenvalue weighted by Crippen LogP contribution is 2.27. The van der Waals surface area contributed by atoms with Crippen molar-refractivity contribution in [2.45, 2.75) is 6.92 Å². The third-order valence-corrected chi connectivity index (χ3v) is 5.38. The van der Waals surface area contributed by atoms with E-state index < -0.39 is 0 Å². The Morgan fingerprint density at radius 1 is 1.06 bits per heavy atom. The molecule has 2 aromatic carbocycles. The summed E-state index contributed by atoms with van der Waals surface area (Å²) < 4.78 is 9.30. The van der Waals surface area contributed by atoms with E-state index in [1.165, 1.54) is 10.5 Å². The van der Waals surface area contributed by atoms with E-state index in [1.807, 2.05) is 61.0 Å². The van der Waals surface area contributed by atoms with Crippen LogP contribution in [0.2, 0.25) is 0 Å². The Labute approximate surface area is 189 Å². The minimum atomic E-state index is -0.338. The molecular formula is C26H19N5O2. The van der Waals surface area contributed by atoms with Crippen LogP contribution in [0, 0.1) is 18.3 Å². The molecule has 0 aliphatic rings. The van der Waals surface area contributed by atoms with Crippen molar-refractivity contribution >= 4 is 28.3 Å². The Bertz CT molecular complexity index is 1650. The van der Waals surface area contributed by atoms with Gasteiger partial charge >= 0.3 is 0 Å². The topological polar surface area (TPSA) is 85.2 Å². The molecule has 5 rings (SSSR count). The van der Waals surface area contributed by atoms with Crippen LogP contribution in [-0.2, 0) is 7.05 Å². The number of hydrogen-bond acceptors (Lipinski definition) is 5. The number of nitriles is 1. The predicted octanol–water partition coefficient (Wildman–Crippen LogP) is 4.75. The van der Waals surface area contributed by atoms with Gasteiger partial charge in [0.15, 0.2) is 5.82 Å². The van der Waals surface area contributed by atoms with E-state index in [0.29, 0.717) is 17.2 Å². The fraction of sp³-hybridized carbons (Fsp3) is 0.0769. The Morgan fingerprint density at radius 2 is 1.88 bits per heavy atom. The molecule has 0 unspecified atom stereocenters. The molecule has 0 atom stereocenters. The number of fused-ring (bicyclic) bond motifs is 2. The van der Waals surface area contributed by atoms with Gasteiger partial charge in [-0.1, -0.05) is 30.3 Å². The van der Waals surface area contributed by atoms with Gasteiger partial charge in [0.05, 0.1) is 16.6 Å². The van der Waals surface area contributed by atoms with Crippen molar-refractivity contribution in [3.8, 4) is 17.7 Å². The van der Waals surface area contributed by atoms with Crippen molar-refractivity contribution in [3.05, 3.63) is 100 Å². The molecule has 33 heavy (non-hydrogen) atoms. The first-order valence-electron chi connectivity index (χ1n) is 10.3. The molecule has 0 aliphatic heterocycles. The number of para-hydroxylation sites is 2. The number of hydrogen-bond donors (Lipinski definition) is 0. The molecule has 0 radical (unpaired) electrons. The van der Waals surface area contributed by atoms with E-state index in [4.69, 9.17) is 4.74 Å². The third kappa shape index (κ3) is 3.64. The van der Waals surface area contributed by atoms with Gasteiger partial charge in [0.2, 0.25) is 5.88 Å². The van der Waals surface area contributed by atoms with Crippen molar-refractivity contribution in [3.63, 3.8) is 0 Å². The normalized spacial score (nSPS) is 11.6. The monoisotopic (exact) mass is 433 g/mol. The second-order valence-electron chi connectivity index (χ2n) is 7.64. The first-order valence-corrected chi connectivity index (χ1v) is 10.3. The largest absolute Gasteiger partial charge is 0.438 e. The maximum atomic E-state index is 13.4. The van der Waals surface area contributed by atoms with Gasteiger partial charge in [-0.05, 0) is 55.0 Å². The zero-order valence-electron chi connectivity index (χ0n) is 18.1. The first-order chi connectivity index (χ1) is 16.0. The number of aryl methyl sites for hydroxylation is 2. The fourth-order valence-corrected chi connectivity index (χ4v) is 3.75. The molecule has 0 saturated heterocycles. The molecule has 0 spiro atoms. The van der Waals surface area contributed by atoms with Gasteiger partial charge in [0.25, 0.3) is 5.56 Å². The first kappa shape index (κ1) is 20.2. The number of allylic oxidation sites excluding steroid dienone is 1. The average Bonchev–Trinajstić information content (AvgIpc) is 3.16. The van der Waals surface area contributed by atoms with Crippen LogP contribution in [0.4, 0.5) is 0 Å². The molecule has 0 bridgehead atoms. The number of pyridine rings is 1. The molecular weight excluding hydrogens is 414 g/mol. The van der Waals surface area contributed by atoms with Crippen molar-refractivity contribution in [2.24, 2.45) is 7.05 Å². The number of rotatable bonds is 4. The van der Waals surface area contributed by atoms with Crippen LogP contribution in [0.15, 0.2) is 77.7 Å². The van der Waals surface area contributed by atoms with Crippen molar-refractivity contribution in [1.29, 1.82) is 5.26 Å². The van der Waals surface area contributed by atoms with Gasteiger partial charge in [-0.2, -0.15) is 10.2 Å². The van der Waals surface area contributed by atoms with E-state index in [9.17, 15) is 10.1 Å². The Morgan fingerprint density at radius 3 is 2.67 bits per heavy atom. The van der Waals surface area contributed by atoms with E-state index in [1.54, 1.807) is 30.5 Å². The minimum Gasteiger partial charge on any atom is -0.438 e. The standard InChI is InChI=1S/C26H19N5O2/c1-17-8-7-9-19(14-17)33-25-20(26(32)31-13-6-5-12-23(31)29-25)15-18(16-27)24-28-21-10-3-4-11-22(21)30(24)2/h3-15H,1-2H3. The summed E-state index contributed by atoms with van der Waals surface area (Å²) in [5.41, 5.74) is 3.18. The van der Waals surface area contributed by atoms with Gasteiger partial charge < -0.3 is 9.30 Å². The SMILES string of the molecule is Cc1cccc(Oc2nc3ccccn3c(=O)c2C=C(C#N)c2nc3ccccc3n2C)c1. The van der Waals surface area contributed by atoms with Gasteiger partial charge in [-0.15, -0.1) is 0 Å². The number of ether oxygens (including phenoxy) is 1. The number of aromatic nitrogens is 4. The molecule has 0 aliphatic carbocycles. The Balaban J connectivity index is 1.73. The smallest absolute Gasteiger partial charge is 0.269 e. The van der Waals surface area contributed by atoms with Crippen LogP contribution in [0.5, 0.6) is 11.6 Å². The van der Waals surface area contributed by atoms with Gasteiger partial charge in [-0.25, -0.2) is 4.98 Å². The second kappa shape index (κ2) is 8.09. The summed E-state index contributed by atoms with van der Waals surface area (Å²) in [4.78, 5) is 22.6. The molecule has 160 valence electrons. The maximum absolute atomic E-state index is 13.4. The van der Waals surface area contributed by atoms with E-state index >= 15 is 0 Å².